The number of hydrogen-bond acceptors (Lipinski definition) is 1. The molecular weight excluding hydrogens is 194 g/mol. The molecule has 0 aromatic carbocycles. The molecule has 1 nitrogen and oxygen atoms in total. The van der Waals surface area contributed by atoms with E-state index in [1.54, 1.807) is 0 Å². The van der Waals surface area contributed by atoms with Gasteiger partial charge >= 0.3 is 0 Å². The summed E-state index contributed by atoms with van der Waals surface area (Å²) in [5, 5.41) is 3.35. The van der Waals surface area contributed by atoms with Gasteiger partial charge in [0.05, 0.1) is 0 Å². The van der Waals surface area contributed by atoms with Crippen LogP contribution in [0.25, 0.3) is 0 Å². The van der Waals surface area contributed by atoms with Gasteiger partial charge in [-0.1, -0.05) is 51.0 Å². The molecule has 94 valence electrons. The Morgan fingerprint density at radius 3 is 2.38 bits per heavy atom. The molecule has 0 aliphatic heterocycles. The number of rotatable bonds is 8. The SMILES string of the molecule is C/C=C\C(C(C)NC)[C@@H](C)/C=C\CCCC. The molecule has 0 bridgehead atoms. The van der Waals surface area contributed by atoms with Crippen LogP contribution in [0.4, 0.5) is 0 Å². The van der Waals surface area contributed by atoms with E-state index in [-0.39, 0.29) is 0 Å². The Morgan fingerprint density at radius 1 is 1.19 bits per heavy atom. The molecule has 0 saturated heterocycles. The summed E-state index contributed by atoms with van der Waals surface area (Å²) in [6, 6.07) is 0.530. The highest BCUT2D eigenvalue weighted by molar-refractivity contribution is 5.00. The zero-order valence-corrected chi connectivity index (χ0v) is 11.7. The first-order chi connectivity index (χ1) is 7.67. The highest BCUT2D eigenvalue weighted by Gasteiger charge is 2.17. The Balaban J connectivity index is 4.26. The van der Waals surface area contributed by atoms with Gasteiger partial charge < -0.3 is 5.32 Å². The summed E-state index contributed by atoms with van der Waals surface area (Å²) in [4.78, 5) is 0. The van der Waals surface area contributed by atoms with E-state index in [0.717, 1.165) is 0 Å². The number of nitrogens with one attached hydrogen (secondary N) is 1. The minimum atomic E-state index is 0.530. The highest BCUT2D eigenvalue weighted by Crippen LogP contribution is 2.19. The minimum Gasteiger partial charge on any atom is -0.317 e. The minimum absolute atomic E-state index is 0.530. The van der Waals surface area contributed by atoms with Gasteiger partial charge in [-0.2, -0.15) is 0 Å². The van der Waals surface area contributed by atoms with Crippen molar-refractivity contribution in [3.63, 3.8) is 0 Å². The Morgan fingerprint density at radius 2 is 1.88 bits per heavy atom. The van der Waals surface area contributed by atoms with Crippen molar-refractivity contribution in [1.82, 2.24) is 5.32 Å². The van der Waals surface area contributed by atoms with Crippen molar-refractivity contribution >= 4 is 0 Å². The van der Waals surface area contributed by atoms with Gasteiger partial charge in [0.2, 0.25) is 0 Å². The van der Waals surface area contributed by atoms with E-state index in [0.29, 0.717) is 17.9 Å². The van der Waals surface area contributed by atoms with Gasteiger partial charge in [0.1, 0.15) is 0 Å². The molecular formula is C15H29N. The molecule has 0 aliphatic rings. The predicted molar refractivity (Wildman–Crippen MR) is 74.7 cm³/mol. The molecule has 0 rings (SSSR count). The normalized spacial score (nSPS) is 18.1. The molecule has 0 spiro atoms. The third kappa shape index (κ3) is 6.12. The van der Waals surface area contributed by atoms with Gasteiger partial charge in [0.15, 0.2) is 0 Å². The van der Waals surface area contributed by atoms with E-state index in [1.807, 2.05) is 7.05 Å². The monoisotopic (exact) mass is 223 g/mol. The molecule has 16 heavy (non-hydrogen) atoms. The first kappa shape index (κ1) is 15.4. The van der Waals surface area contributed by atoms with Crippen LogP contribution in [0.15, 0.2) is 24.3 Å². The molecule has 0 aromatic rings. The van der Waals surface area contributed by atoms with E-state index >= 15 is 0 Å². The second-order valence-corrected chi connectivity index (χ2v) is 4.61. The topological polar surface area (TPSA) is 12.0 Å². The molecule has 0 aromatic heterocycles. The summed E-state index contributed by atoms with van der Waals surface area (Å²) < 4.78 is 0. The van der Waals surface area contributed by atoms with Crippen molar-refractivity contribution < 1.29 is 0 Å². The van der Waals surface area contributed by atoms with Crippen molar-refractivity contribution in [2.45, 2.75) is 53.0 Å². The second-order valence-electron chi connectivity index (χ2n) is 4.61. The molecule has 2 unspecified atom stereocenters. The first-order valence-electron chi connectivity index (χ1n) is 6.64. The Hall–Kier alpha value is -0.560. The van der Waals surface area contributed by atoms with Gasteiger partial charge in [0.25, 0.3) is 0 Å². The van der Waals surface area contributed by atoms with Crippen LogP contribution in [0, 0.1) is 11.8 Å². The first-order valence-corrected chi connectivity index (χ1v) is 6.64. The van der Waals surface area contributed by atoms with Crippen LogP contribution in [-0.4, -0.2) is 13.1 Å². The van der Waals surface area contributed by atoms with E-state index in [2.05, 4.69) is 57.3 Å². The lowest BCUT2D eigenvalue weighted by molar-refractivity contribution is 0.392. The van der Waals surface area contributed by atoms with Crippen molar-refractivity contribution in [2.24, 2.45) is 11.8 Å². The van der Waals surface area contributed by atoms with E-state index < -0.39 is 0 Å². The summed E-state index contributed by atoms with van der Waals surface area (Å²) >= 11 is 0. The summed E-state index contributed by atoms with van der Waals surface area (Å²) in [6.07, 6.45) is 13.0. The summed E-state index contributed by atoms with van der Waals surface area (Å²) in [6.45, 7) is 8.90. The Bertz CT molecular complexity index is 205. The van der Waals surface area contributed by atoms with Crippen molar-refractivity contribution in [2.75, 3.05) is 7.05 Å². The third-order valence-corrected chi connectivity index (χ3v) is 3.22. The fraction of sp³-hybridized carbons (Fsp3) is 0.733. The van der Waals surface area contributed by atoms with Crippen molar-refractivity contribution in [3.8, 4) is 0 Å². The Kier molecular flexibility index (Phi) is 9.31. The number of allylic oxidation sites excluding steroid dienone is 3. The van der Waals surface area contributed by atoms with Gasteiger partial charge in [-0.3, -0.25) is 0 Å². The maximum atomic E-state index is 3.35. The quantitative estimate of drug-likeness (QED) is 0.481. The van der Waals surface area contributed by atoms with Crippen LogP contribution in [0.1, 0.15) is 47.0 Å². The van der Waals surface area contributed by atoms with E-state index in [9.17, 15) is 0 Å². The molecule has 3 atom stereocenters. The van der Waals surface area contributed by atoms with E-state index in [1.165, 1.54) is 19.3 Å². The summed E-state index contributed by atoms with van der Waals surface area (Å²) in [7, 11) is 2.04. The molecule has 0 radical (unpaired) electrons. The fourth-order valence-corrected chi connectivity index (χ4v) is 1.97. The fourth-order valence-electron chi connectivity index (χ4n) is 1.97. The molecule has 0 saturated carbocycles. The lowest BCUT2D eigenvalue weighted by Gasteiger charge is -2.24. The standard InChI is InChI=1S/C15H29N/c1-6-8-9-10-12-13(3)15(11-7-2)14(4)16-5/h7,10-16H,6,8-9H2,1-5H3/b11-7-,12-10-/t13-,14?,15?/m0/s1. The lowest BCUT2D eigenvalue weighted by Crippen LogP contribution is -2.32. The van der Waals surface area contributed by atoms with Gasteiger partial charge in [0, 0.05) is 6.04 Å². The van der Waals surface area contributed by atoms with Crippen LogP contribution < -0.4 is 5.32 Å². The van der Waals surface area contributed by atoms with Crippen molar-refractivity contribution in [3.05, 3.63) is 24.3 Å². The average Bonchev–Trinajstić information content (AvgIpc) is 2.30. The largest absolute Gasteiger partial charge is 0.317 e. The number of hydrogen-bond donors (Lipinski definition) is 1. The van der Waals surface area contributed by atoms with Gasteiger partial charge in [-0.05, 0) is 39.2 Å². The van der Waals surface area contributed by atoms with E-state index in [4.69, 9.17) is 0 Å². The molecule has 0 amide bonds. The third-order valence-electron chi connectivity index (χ3n) is 3.22. The maximum Gasteiger partial charge on any atom is 0.0104 e. The van der Waals surface area contributed by atoms with Gasteiger partial charge in [-0.25, -0.2) is 0 Å². The van der Waals surface area contributed by atoms with Crippen LogP contribution in [0.2, 0.25) is 0 Å². The van der Waals surface area contributed by atoms with Gasteiger partial charge in [-0.15, -0.1) is 0 Å². The van der Waals surface area contributed by atoms with Crippen LogP contribution in [-0.2, 0) is 0 Å². The van der Waals surface area contributed by atoms with Crippen molar-refractivity contribution in [1.29, 1.82) is 0 Å². The average molecular weight is 223 g/mol. The van der Waals surface area contributed by atoms with Crippen LogP contribution in [0.5, 0.6) is 0 Å². The Labute approximate surface area is 102 Å². The highest BCUT2D eigenvalue weighted by atomic mass is 14.9. The number of unbranched alkanes of at least 4 members (excludes halogenated alkanes) is 2. The van der Waals surface area contributed by atoms with Crippen LogP contribution >= 0.6 is 0 Å². The summed E-state index contributed by atoms with van der Waals surface area (Å²) in [5.41, 5.74) is 0. The lowest BCUT2D eigenvalue weighted by atomic mass is 9.87. The predicted octanol–water partition coefficient (Wildman–Crippen LogP) is 4.17. The summed E-state index contributed by atoms with van der Waals surface area (Å²) in [5.74, 6) is 1.20. The molecule has 1 heteroatoms. The zero-order valence-electron chi connectivity index (χ0n) is 11.7. The molecule has 0 fully saturated rings. The molecule has 0 heterocycles. The smallest absolute Gasteiger partial charge is 0.0104 e. The second kappa shape index (κ2) is 9.65. The molecule has 1 N–H and O–H groups in total. The molecule has 0 aliphatic carbocycles. The zero-order chi connectivity index (χ0) is 12.4. The maximum absolute atomic E-state index is 3.35. The van der Waals surface area contributed by atoms with Crippen LogP contribution in [0.3, 0.4) is 0 Å².